The number of nitrogens with one attached hydrogen (secondary N) is 1. The molecule has 3 aromatic rings. The van der Waals surface area contributed by atoms with E-state index in [1.165, 1.54) is 0 Å². The molecule has 0 saturated heterocycles. The summed E-state index contributed by atoms with van der Waals surface area (Å²) in [7, 11) is 0. The summed E-state index contributed by atoms with van der Waals surface area (Å²) in [5, 5.41) is 3.42. The fourth-order valence-electron chi connectivity index (χ4n) is 3.34. The second-order valence-electron chi connectivity index (χ2n) is 6.53. The Morgan fingerprint density at radius 1 is 1.15 bits per heavy atom. The number of hydrogen-bond acceptors (Lipinski definition) is 4. The van der Waals surface area contributed by atoms with Crippen LogP contribution in [0.2, 0.25) is 0 Å². The number of fused-ring (bicyclic) bond motifs is 2. The van der Waals surface area contributed by atoms with Crippen molar-refractivity contribution in [1.29, 1.82) is 0 Å². The third kappa shape index (κ3) is 3.22. The van der Waals surface area contributed by atoms with Crippen molar-refractivity contribution in [2.75, 3.05) is 0 Å². The number of aryl methyl sites for hydroxylation is 1. The molecule has 0 spiro atoms. The number of amides is 1. The molecule has 0 aliphatic carbocycles. The lowest BCUT2D eigenvalue weighted by Crippen LogP contribution is -2.26. The van der Waals surface area contributed by atoms with Gasteiger partial charge in [0.15, 0.2) is 0 Å². The van der Waals surface area contributed by atoms with Gasteiger partial charge in [-0.1, -0.05) is 12.5 Å². The average molecular weight is 348 g/mol. The molecule has 0 unspecified atom stereocenters. The number of pyridine rings is 1. The lowest BCUT2D eigenvalue weighted by atomic mass is 10.1. The van der Waals surface area contributed by atoms with Crippen molar-refractivity contribution in [2.24, 2.45) is 0 Å². The van der Waals surface area contributed by atoms with Crippen LogP contribution in [-0.2, 0) is 19.5 Å². The predicted molar refractivity (Wildman–Crippen MR) is 99.0 cm³/mol. The van der Waals surface area contributed by atoms with Crippen LogP contribution in [0.5, 0.6) is 0 Å². The monoisotopic (exact) mass is 348 g/mol. The number of aromatic nitrogens is 3. The highest BCUT2D eigenvalue weighted by Crippen LogP contribution is 2.16. The zero-order valence-electron chi connectivity index (χ0n) is 14.4. The lowest BCUT2D eigenvalue weighted by molar-refractivity contribution is 0.0950. The number of hydrogen-bond donors (Lipinski definition) is 1. The van der Waals surface area contributed by atoms with Gasteiger partial charge in [-0.2, -0.15) is 0 Å². The van der Waals surface area contributed by atoms with Gasteiger partial charge in [0.25, 0.3) is 11.5 Å². The zero-order valence-corrected chi connectivity index (χ0v) is 14.4. The molecular weight excluding hydrogens is 328 g/mol. The smallest absolute Gasteiger partial charge is 0.261 e. The minimum Gasteiger partial charge on any atom is -0.346 e. The van der Waals surface area contributed by atoms with Crippen molar-refractivity contribution in [1.82, 2.24) is 19.9 Å². The summed E-state index contributed by atoms with van der Waals surface area (Å²) in [4.78, 5) is 34.0. The molecule has 1 aliphatic heterocycles. The maximum atomic E-state index is 12.7. The Morgan fingerprint density at radius 3 is 2.92 bits per heavy atom. The van der Waals surface area contributed by atoms with Gasteiger partial charge in [0, 0.05) is 24.7 Å². The molecule has 1 N–H and O–H groups in total. The van der Waals surface area contributed by atoms with E-state index in [1.54, 1.807) is 29.0 Å². The van der Waals surface area contributed by atoms with E-state index in [2.05, 4.69) is 15.3 Å². The molecule has 4 rings (SSSR count). The molecule has 0 saturated carbocycles. The van der Waals surface area contributed by atoms with Crippen LogP contribution in [0.1, 0.15) is 41.1 Å². The number of carbonyl (C=O) groups excluding carboxylic acids is 1. The van der Waals surface area contributed by atoms with Gasteiger partial charge in [-0.15, -0.1) is 0 Å². The summed E-state index contributed by atoms with van der Waals surface area (Å²) in [6.07, 6.45) is 5.67. The van der Waals surface area contributed by atoms with Crippen LogP contribution in [0.25, 0.3) is 10.9 Å². The maximum absolute atomic E-state index is 12.7. The number of benzene rings is 1. The van der Waals surface area contributed by atoms with Gasteiger partial charge in [-0.3, -0.25) is 19.1 Å². The first-order chi connectivity index (χ1) is 12.7. The Hall–Kier alpha value is -3.02. The molecule has 1 aliphatic rings. The fourth-order valence-corrected chi connectivity index (χ4v) is 3.34. The quantitative estimate of drug-likeness (QED) is 0.789. The van der Waals surface area contributed by atoms with E-state index in [0.717, 1.165) is 43.7 Å². The van der Waals surface area contributed by atoms with Crippen molar-refractivity contribution < 1.29 is 4.79 Å². The van der Waals surface area contributed by atoms with Crippen LogP contribution >= 0.6 is 0 Å². The Bertz CT molecular complexity index is 1010. The highest BCUT2D eigenvalue weighted by Gasteiger charge is 2.15. The third-order valence-electron chi connectivity index (χ3n) is 4.73. The number of rotatable bonds is 3. The number of nitrogens with zero attached hydrogens (tertiary/aromatic N) is 3. The summed E-state index contributed by atoms with van der Waals surface area (Å²) in [6.45, 7) is 1.08. The second kappa shape index (κ2) is 7.07. The number of carbonyl (C=O) groups is 1. The van der Waals surface area contributed by atoms with Gasteiger partial charge in [-0.05, 0) is 43.2 Å². The lowest BCUT2D eigenvalue weighted by Gasteiger charge is -2.11. The summed E-state index contributed by atoms with van der Waals surface area (Å²) in [5.74, 6) is 0.625. The van der Waals surface area contributed by atoms with Crippen LogP contribution in [0.3, 0.4) is 0 Å². The van der Waals surface area contributed by atoms with E-state index in [-0.39, 0.29) is 11.5 Å². The molecule has 26 heavy (non-hydrogen) atoms. The Labute approximate surface area is 150 Å². The van der Waals surface area contributed by atoms with E-state index in [4.69, 9.17) is 0 Å². The van der Waals surface area contributed by atoms with Gasteiger partial charge in [0.05, 0.1) is 23.1 Å². The first kappa shape index (κ1) is 16.4. The topological polar surface area (TPSA) is 76.9 Å². The fraction of sp³-hybridized carbons (Fsp3) is 0.300. The average Bonchev–Trinajstić information content (AvgIpc) is 2.92. The van der Waals surface area contributed by atoms with E-state index in [9.17, 15) is 9.59 Å². The zero-order chi connectivity index (χ0) is 17.9. The van der Waals surface area contributed by atoms with Gasteiger partial charge < -0.3 is 5.32 Å². The van der Waals surface area contributed by atoms with Gasteiger partial charge >= 0.3 is 0 Å². The van der Waals surface area contributed by atoms with Gasteiger partial charge in [0.2, 0.25) is 0 Å². The molecule has 1 amide bonds. The van der Waals surface area contributed by atoms with Crippen LogP contribution in [0, 0.1) is 0 Å². The first-order valence-corrected chi connectivity index (χ1v) is 8.94. The predicted octanol–water partition coefficient (Wildman–Crippen LogP) is 2.45. The SMILES string of the molecule is O=C(NCc1ccccn1)c1ccc2c(=O)n3c(nc2c1)CCCCC3. The van der Waals surface area contributed by atoms with Crippen LogP contribution in [0.15, 0.2) is 47.4 Å². The molecular formula is C20H20N4O2. The molecule has 0 bridgehead atoms. The van der Waals surface area contributed by atoms with Crippen molar-refractivity contribution >= 4 is 16.8 Å². The summed E-state index contributed by atoms with van der Waals surface area (Å²) >= 11 is 0. The largest absolute Gasteiger partial charge is 0.346 e. The van der Waals surface area contributed by atoms with Crippen LogP contribution < -0.4 is 10.9 Å². The Kier molecular flexibility index (Phi) is 4.48. The highest BCUT2D eigenvalue weighted by atomic mass is 16.1. The molecule has 2 aromatic heterocycles. The third-order valence-corrected chi connectivity index (χ3v) is 4.73. The summed E-state index contributed by atoms with van der Waals surface area (Å²) in [6, 6.07) is 10.7. The molecule has 0 atom stereocenters. The van der Waals surface area contributed by atoms with E-state index < -0.39 is 0 Å². The van der Waals surface area contributed by atoms with Crippen molar-refractivity contribution in [3.63, 3.8) is 0 Å². The van der Waals surface area contributed by atoms with E-state index in [1.807, 2.05) is 18.2 Å². The standard InChI is InChI=1S/C20H20N4O2/c25-19(22-13-15-6-3-4-10-21-15)14-8-9-16-17(12-14)23-18-7-2-1-5-11-24(18)20(16)26/h3-4,6,8-10,12H,1-2,5,7,11,13H2,(H,22,25). The Balaban J connectivity index is 1.62. The summed E-state index contributed by atoms with van der Waals surface area (Å²) in [5.41, 5.74) is 1.88. The Morgan fingerprint density at radius 2 is 2.08 bits per heavy atom. The minimum atomic E-state index is -0.200. The highest BCUT2D eigenvalue weighted by molar-refractivity contribution is 5.97. The maximum Gasteiger partial charge on any atom is 0.261 e. The molecule has 3 heterocycles. The van der Waals surface area contributed by atoms with Gasteiger partial charge in [0.1, 0.15) is 5.82 Å². The van der Waals surface area contributed by atoms with Crippen molar-refractivity contribution in [3.05, 3.63) is 70.0 Å². The normalized spacial score (nSPS) is 13.8. The molecule has 6 heteroatoms. The molecule has 0 fully saturated rings. The van der Waals surface area contributed by atoms with E-state index in [0.29, 0.717) is 23.0 Å². The molecule has 132 valence electrons. The van der Waals surface area contributed by atoms with Gasteiger partial charge in [-0.25, -0.2) is 4.98 Å². The molecule has 1 aromatic carbocycles. The molecule has 6 nitrogen and oxygen atoms in total. The summed E-state index contributed by atoms with van der Waals surface area (Å²) < 4.78 is 1.79. The first-order valence-electron chi connectivity index (χ1n) is 8.94. The van der Waals surface area contributed by atoms with Crippen LogP contribution in [0.4, 0.5) is 0 Å². The minimum absolute atomic E-state index is 0.00709. The van der Waals surface area contributed by atoms with Crippen molar-refractivity contribution in [2.45, 2.75) is 38.8 Å². The van der Waals surface area contributed by atoms with Crippen LogP contribution in [-0.4, -0.2) is 20.4 Å². The van der Waals surface area contributed by atoms with Crippen molar-refractivity contribution in [3.8, 4) is 0 Å². The molecule has 0 radical (unpaired) electrons. The second-order valence-corrected chi connectivity index (χ2v) is 6.53. The van der Waals surface area contributed by atoms with E-state index >= 15 is 0 Å².